The van der Waals surface area contributed by atoms with Crippen LogP contribution in [0.5, 0.6) is 0 Å². The van der Waals surface area contributed by atoms with Gasteiger partial charge in [0.1, 0.15) is 12.1 Å². The Hall–Kier alpha value is -1.69. The summed E-state index contributed by atoms with van der Waals surface area (Å²) in [5.74, 6) is 5.41. The highest BCUT2D eigenvalue weighted by molar-refractivity contribution is 5.77. The van der Waals surface area contributed by atoms with E-state index in [-0.39, 0.29) is 18.4 Å². The summed E-state index contributed by atoms with van der Waals surface area (Å²) in [4.78, 5) is 19.0. The van der Waals surface area contributed by atoms with E-state index in [2.05, 4.69) is 20.7 Å². The molecule has 1 aromatic heterocycles. The lowest BCUT2D eigenvalue weighted by Gasteiger charge is -2.09. The third-order valence-corrected chi connectivity index (χ3v) is 1.66. The van der Waals surface area contributed by atoms with Gasteiger partial charge in [0.05, 0.1) is 12.1 Å². The van der Waals surface area contributed by atoms with E-state index in [1.54, 1.807) is 6.07 Å². The van der Waals surface area contributed by atoms with Gasteiger partial charge in [0.25, 0.3) is 0 Å². The maximum Gasteiger partial charge on any atom is 0.239 e. The zero-order chi connectivity index (χ0) is 11.3. The largest absolute Gasteiger partial charge is 0.368 e. The zero-order valence-corrected chi connectivity index (χ0v) is 8.82. The van der Waals surface area contributed by atoms with Crippen molar-refractivity contribution in [3.8, 4) is 0 Å². The topological polar surface area (TPSA) is 92.9 Å². The van der Waals surface area contributed by atoms with Gasteiger partial charge in [-0.25, -0.2) is 15.8 Å². The molecule has 0 aliphatic carbocycles. The van der Waals surface area contributed by atoms with Crippen LogP contribution in [-0.2, 0) is 11.2 Å². The molecule has 1 heterocycles. The van der Waals surface area contributed by atoms with Gasteiger partial charge in [-0.1, -0.05) is 0 Å². The molecule has 0 aliphatic rings. The van der Waals surface area contributed by atoms with Crippen molar-refractivity contribution in [2.45, 2.75) is 26.3 Å². The Balaban J connectivity index is 2.69. The van der Waals surface area contributed by atoms with Crippen molar-refractivity contribution >= 4 is 11.7 Å². The smallest absolute Gasteiger partial charge is 0.239 e. The Kier molecular flexibility index (Phi) is 3.99. The first kappa shape index (κ1) is 11.4. The Labute approximate surface area is 88.3 Å². The second-order valence-corrected chi connectivity index (χ2v) is 3.44. The lowest BCUT2D eigenvalue weighted by atomic mass is 10.3. The van der Waals surface area contributed by atoms with Gasteiger partial charge in [0.2, 0.25) is 5.91 Å². The Bertz CT molecular complexity index is 339. The summed E-state index contributed by atoms with van der Waals surface area (Å²) in [7, 11) is 0. The van der Waals surface area contributed by atoms with Crippen molar-refractivity contribution in [2.75, 3.05) is 5.32 Å². The summed E-state index contributed by atoms with van der Waals surface area (Å²) in [5.41, 5.74) is 2.69. The maximum absolute atomic E-state index is 11.0. The van der Waals surface area contributed by atoms with Crippen molar-refractivity contribution < 1.29 is 4.79 Å². The van der Waals surface area contributed by atoms with Crippen LogP contribution in [0.15, 0.2) is 12.4 Å². The number of carbonyl (C=O) groups excluding carboxylic acids is 1. The fourth-order valence-corrected chi connectivity index (χ4v) is 1.08. The van der Waals surface area contributed by atoms with E-state index in [9.17, 15) is 4.79 Å². The van der Waals surface area contributed by atoms with Crippen molar-refractivity contribution in [3.05, 3.63) is 18.1 Å². The lowest BCUT2D eigenvalue weighted by molar-refractivity contribution is -0.120. The number of amides is 1. The predicted octanol–water partition coefficient (Wildman–Crippen LogP) is -0.171. The SMILES string of the molecule is CC(C)Nc1cc(CC(=O)NN)ncn1. The number of rotatable bonds is 4. The number of carbonyl (C=O) groups is 1. The van der Waals surface area contributed by atoms with Crippen molar-refractivity contribution in [3.63, 3.8) is 0 Å². The number of nitrogens with two attached hydrogens (primary N) is 1. The predicted molar refractivity (Wildman–Crippen MR) is 56.8 cm³/mol. The number of nitrogens with one attached hydrogen (secondary N) is 2. The van der Waals surface area contributed by atoms with Gasteiger partial charge in [-0.3, -0.25) is 10.2 Å². The average Bonchev–Trinajstić information content (AvgIpc) is 2.17. The first-order valence-corrected chi connectivity index (χ1v) is 4.68. The van der Waals surface area contributed by atoms with Crippen LogP contribution in [0.4, 0.5) is 5.82 Å². The molecule has 0 radical (unpaired) electrons. The molecule has 0 bridgehead atoms. The third-order valence-electron chi connectivity index (χ3n) is 1.66. The highest BCUT2D eigenvalue weighted by Crippen LogP contribution is 2.05. The maximum atomic E-state index is 11.0. The lowest BCUT2D eigenvalue weighted by Crippen LogP contribution is -2.31. The molecule has 0 saturated carbocycles. The molecule has 0 aliphatic heterocycles. The van der Waals surface area contributed by atoms with Gasteiger partial charge in [0, 0.05) is 12.1 Å². The third kappa shape index (κ3) is 3.90. The van der Waals surface area contributed by atoms with E-state index in [4.69, 9.17) is 5.84 Å². The van der Waals surface area contributed by atoms with Crippen LogP contribution in [0, 0.1) is 0 Å². The number of anilines is 1. The van der Waals surface area contributed by atoms with E-state index in [0.717, 1.165) is 0 Å². The standard InChI is InChI=1S/C9H15N5O/c1-6(2)13-8-3-7(11-5-12-8)4-9(15)14-10/h3,5-6H,4,10H2,1-2H3,(H,14,15)(H,11,12,13). The molecular formula is C9H15N5O. The van der Waals surface area contributed by atoms with E-state index >= 15 is 0 Å². The van der Waals surface area contributed by atoms with E-state index in [1.165, 1.54) is 6.33 Å². The van der Waals surface area contributed by atoms with E-state index < -0.39 is 0 Å². The normalized spacial score (nSPS) is 10.1. The first-order valence-electron chi connectivity index (χ1n) is 4.68. The first-order chi connectivity index (χ1) is 7.11. The molecule has 0 fully saturated rings. The van der Waals surface area contributed by atoms with Crippen LogP contribution in [0.1, 0.15) is 19.5 Å². The summed E-state index contributed by atoms with van der Waals surface area (Å²) >= 11 is 0. The number of aromatic nitrogens is 2. The van der Waals surface area contributed by atoms with Crippen molar-refractivity contribution in [1.82, 2.24) is 15.4 Å². The average molecular weight is 209 g/mol. The van der Waals surface area contributed by atoms with Crippen LogP contribution in [0.25, 0.3) is 0 Å². The Morgan fingerprint density at radius 3 is 2.87 bits per heavy atom. The number of hydrazine groups is 1. The van der Waals surface area contributed by atoms with Crippen LogP contribution < -0.4 is 16.6 Å². The van der Waals surface area contributed by atoms with Gasteiger partial charge in [0.15, 0.2) is 0 Å². The van der Waals surface area contributed by atoms with Crippen molar-refractivity contribution in [1.29, 1.82) is 0 Å². The molecule has 4 N–H and O–H groups in total. The minimum atomic E-state index is -0.274. The molecular weight excluding hydrogens is 194 g/mol. The summed E-state index contributed by atoms with van der Waals surface area (Å²) in [6.07, 6.45) is 1.58. The fourth-order valence-electron chi connectivity index (χ4n) is 1.08. The summed E-state index contributed by atoms with van der Waals surface area (Å²) in [6.45, 7) is 4.02. The van der Waals surface area contributed by atoms with Gasteiger partial charge in [-0.05, 0) is 13.8 Å². The molecule has 6 nitrogen and oxygen atoms in total. The second-order valence-electron chi connectivity index (χ2n) is 3.44. The quantitative estimate of drug-likeness (QED) is 0.363. The monoisotopic (exact) mass is 209 g/mol. The molecule has 6 heteroatoms. The number of hydrogen-bond acceptors (Lipinski definition) is 5. The molecule has 0 atom stereocenters. The van der Waals surface area contributed by atoms with Gasteiger partial charge >= 0.3 is 0 Å². The van der Waals surface area contributed by atoms with Crippen molar-refractivity contribution in [2.24, 2.45) is 5.84 Å². The molecule has 1 aromatic rings. The molecule has 0 unspecified atom stereocenters. The zero-order valence-electron chi connectivity index (χ0n) is 8.82. The Morgan fingerprint density at radius 2 is 2.27 bits per heavy atom. The molecule has 0 saturated heterocycles. The van der Waals surface area contributed by atoms with E-state index in [1.807, 2.05) is 13.8 Å². The molecule has 1 rings (SSSR count). The highest BCUT2D eigenvalue weighted by atomic mass is 16.2. The van der Waals surface area contributed by atoms with Gasteiger partial charge in [-0.2, -0.15) is 0 Å². The van der Waals surface area contributed by atoms with Gasteiger partial charge in [-0.15, -0.1) is 0 Å². The van der Waals surface area contributed by atoms with Crippen LogP contribution in [0.2, 0.25) is 0 Å². The summed E-state index contributed by atoms with van der Waals surface area (Å²) < 4.78 is 0. The molecule has 15 heavy (non-hydrogen) atoms. The minimum Gasteiger partial charge on any atom is -0.368 e. The van der Waals surface area contributed by atoms with Crippen LogP contribution in [-0.4, -0.2) is 21.9 Å². The van der Waals surface area contributed by atoms with Crippen LogP contribution >= 0.6 is 0 Å². The Morgan fingerprint density at radius 1 is 1.53 bits per heavy atom. The minimum absolute atomic E-state index is 0.159. The van der Waals surface area contributed by atoms with Gasteiger partial charge < -0.3 is 5.32 Å². The molecule has 0 spiro atoms. The summed E-state index contributed by atoms with van der Waals surface area (Å²) in [5, 5.41) is 3.12. The van der Waals surface area contributed by atoms with E-state index in [0.29, 0.717) is 11.5 Å². The highest BCUT2D eigenvalue weighted by Gasteiger charge is 2.04. The molecule has 0 aromatic carbocycles. The summed E-state index contributed by atoms with van der Waals surface area (Å²) in [6, 6.07) is 2.02. The van der Waals surface area contributed by atoms with Crippen LogP contribution in [0.3, 0.4) is 0 Å². The second kappa shape index (κ2) is 5.26. The fraction of sp³-hybridized carbons (Fsp3) is 0.444. The number of nitrogens with zero attached hydrogens (tertiary/aromatic N) is 2. The molecule has 82 valence electrons. The number of hydrogen-bond donors (Lipinski definition) is 3. The molecule has 1 amide bonds.